The van der Waals surface area contributed by atoms with E-state index in [9.17, 15) is 4.79 Å². The van der Waals surface area contributed by atoms with Crippen molar-refractivity contribution >= 4 is 17.5 Å². The Morgan fingerprint density at radius 2 is 1.60 bits per heavy atom. The zero-order valence-electron chi connectivity index (χ0n) is 16.8. The molecule has 0 aliphatic carbocycles. The predicted molar refractivity (Wildman–Crippen MR) is 117 cm³/mol. The first-order chi connectivity index (χ1) is 14.8. The fourth-order valence-corrected chi connectivity index (χ4v) is 3.37. The Morgan fingerprint density at radius 1 is 0.900 bits per heavy atom. The molecule has 1 aliphatic rings. The molecule has 1 saturated heterocycles. The van der Waals surface area contributed by atoms with Gasteiger partial charge in [-0.05, 0) is 30.3 Å². The summed E-state index contributed by atoms with van der Waals surface area (Å²) in [7, 11) is 0. The molecule has 0 radical (unpaired) electrons. The number of nitrogens with one attached hydrogen (secondary N) is 1. The van der Waals surface area contributed by atoms with Crippen molar-refractivity contribution in [3.05, 3.63) is 73.1 Å². The third-order valence-corrected chi connectivity index (χ3v) is 4.99. The molecule has 0 saturated carbocycles. The third-order valence-electron chi connectivity index (χ3n) is 4.99. The first kappa shape index (κ1) is 19.8. The summed E-state index contributed by atoms with van der Waals surface area (Å²) in [6.07, 6.45) is 3.96. The summed E-state index contributed by atoms with van der Waals surface area (Å²) in [5.74, 6) is 2.12. The first-order valence-corrected chi connectivity index (χ1v) is 10.1. The average molecular weight is 403 g/mol. The van der Waals surface area contributed by atoms with Gasteiger partial charge in [0.15, 0.2) is 5.75 Å². The van der Waals surface area contributed by atoms with Crippen molar-refractivity contribution < 1.29 is 9.53 Å². The van der Waals surface area contributed by atoms with Crippen molar-refractivity contribution in [3.8, 4) is 11.5 Å². The summed E-state index contributed by atoms with van der Waals surface area (Å²) in [6.45, 7) is 4.22. The SMILES string of the molecule is O=C(CCN1CCN(c2ncccn2)CC1)Nc1ccccc1Oc1ccccc1. The Balaban J connectivity index is 1.26. The minimum absolute atomic E-state index is 0.0204. The van der Waals surface area contributed by atoms with Crippen LogP contribution in [-0.4, -0.2) is 53.5 Å². The van der Waals surface area contributed by atoms with Gasteiger partial charge in [-0.2, -0.15) is 0 Å². The molecule has 3 aromatic rings. The van der Waals surface area contributed by atoms with Crippen molar-refractivity contribution in [2.24, 2.45) is 0 Å². The van der Waals surface area contributed by atoms with Gasteiger partial charge >= 0.3 is 0 Å². The molecular weight excluding hydrogens is 378 g/mol. The van der Waals surface area contributed by atoms with Crippen molar-refractivity contribution in [1.29, 1.82) is 0 Å². The Bertz CT molecular complexity index is 944. The number of para-hydroxylation sites is 3. The minimum atomic E-state index is -0.0204. The summed E-state index contributed by atoms with van der Waals surface area (Å²) >= 11 is 0. The summed E-state index contributed by atoms with van der Waals surface area (Å²) in [6, 6.07) is 18.9. The quantitative estimate of drug-likeness (QED) is 0.652. The van der Waals surface area contributed by atoms with E-state index in [1.807, 2.05) is 60.7 Å². The number of piperazine rings is 1. The molecule has 7 heteroatoms. The highest BCUT2D eigenvalue weighted by atomic mass is 16.5. The van der Waals surface area contributed by atoms with Gasteiger partial charge in [0.25, 0.3) is 0 Å². The highest BCUT2D eigenvalue weighted by Gasteiger charge is 2.19. The molecule has 1 aromatic heterocycles. The first-order valence-electron chi connectivity index (χ1n) is 10.1. The van der Waals surface area contributed by atoms with Crippen molar-refractivity contribution in [2.75, 3.05) is 42.9 Å². The Kier molecular flexibility index (Phi) is 6.51. The predicted octanol–water partition coefficient (Wildman–Crippen LogP) is 3.42. The molecule has 4 rings (SSSR count). The molecule has 7 nitrogen and oxygen atoms in total. The van der Waals surface area contributed by atoms with E-state index in [0.717, 1.165) is 44.4 Å². The molecule has 0 atom stereocenters. The van der Waals surface area contributed by atoms with Gasteiger partial charge < -0.3 is 15.0 Å². The molecule has 0 bridgehead atoms. The second kappa shape index (κ2) is 9.84. The number of benzene rings is 2. The van der Waals surface area contributed by atoms with E-state index < -0.39 is 0 Å². The Labute approximate surface area is 176 Å². The number of hydrogen-bond donors (Lipinski definition) is 1. The number of nitrogens with zero attached hydrogens (tertiary/aromatic N) is 4. The van der Waals surface area contributed by atoms with Crippen molar-refractivity contribution in [2.45, 2.75) is 6.42 Å². The van der Waals surface area contributed by atoms with Gasteiger partial charge in [-0.25, -0.2) is 9.97 Å². The lowest BCUT2D eigenvalue weighted by molar-refractivity contribution is -0.116. The van der Waals surface area contributed by atoms with Crippen LogP contribution in [0, 0.1) is 0 Å². The van der Waals surface area contributed by atoms with E-state index in [4.69, 9.17) is 4.74 Å². The standard InChI is InChI=1S/C23H25N5O2/c29-22(11-14-27-15-17-28(18-16-27)23-24-12-6-13-25-23)26-20-9-4-5-10-21(20)30-19-7-2-1-3-8-19/h1-10,12-13H,11,14-18H2,(H,26,29). The van der Waals surface area contributed by atoms with Gasteiger partial charge in [0.1, 0.15) is 5.75 Å². The van der Waals surface area contributed by atoms with Crippen LogP contribution in [0.2, 0.25) is 0 Å². The van der Waals surface area contributed by atoms with Gasteiger partial charge in [0.2, 0.25) is 11.9 Å². The second-order valence-corrected chi connectivity index (χ2v) is 7.09. The number of anilines is 2. The Hall–Kier alpha value is -3.45. The average Bonchev–Trinajstić information content (AvgIpc) is 2.81. The topological polar surface area (TPSA) is 70.6 Å². The highest BCUT2D eigenvalue weighted by molar-refractivity contribution is 5.92. The summed E-state index contributed by atoms with van der Waals surface area (Å²) in [5, 5.41) is 2.98. The smallest absolute Gasteiger partial charge is 0.225 e. The fourth-order valence-electron chi connectivity index (χ4n) is 3.37. The molecule has 2 aromatic carbocycles. The van der Waals surface area contributed by atoms with Gasteiger partial charge in [-0.3, -0.25) is 9.69 Å². The maximum Gasteiger partial charge on any atom is 0.225 e. The molecule has 1 aliphatic heterocycles. The number of amides is 1. The van der Waals surface area contributed by atoms with E-state index in [0.29, 0.717) is 17.9 Å². The lowest BCUT2D eigenvalue weighted by atomic mass is 10.2. The van der Waals surface area contributed by atoms with Crippen LogP contribution in [0.1, 0.15) is 6.42 Å². The van der Waals surface area contributed by atoms with Gasteiger partial charge in [-0.15, -0.1) is 0 Å². The van der Waals surface area contributed by atoms with Crippen LogP contribution in [0.5, 0.6) is 11.5 Å². The molecule has 154 valence electrons. The summed E-state index contributed by atoms with van der Waals surface area (Å²) in [4.78, 5) is 25.6. The lowest BCUT2D eigenvalue weighted by Gasteiger charge is -2.34. The third kappa shape index (κ3) is 5.33. The molecule has 0 unspecified atom stereocenters. The zero-order chi connectivity index (χ0) is 20.6. The molecule has 0 spiro atoms. The highest BCUT2D eigenvalue weighted by Crippen LogP contribution is 2.29. The zero-order valence-corrected chi connectivity index (χ0v) is 16.8. The number of carbonyl (C=O) groups excluding carboxylic acids is 1. The van der Waals surface area contributed by atoms with Crippen molar-refractivity contribution in [3.63, 3.8) is 0 Å². The van der Waals surface area contributed by atoms with E-state index >= 15 is 0 Å². The molecule has 1 fully saturated rings. The number of aromatic nitrogens is 2. The fraction of sp³-hybridized carbons (Fsp3) is 0.261. The van der Waals surface area contributed by atoms with Crippen LogP contribution in [0.15, 0.2) is 73.1 Å². The number of ether oxygens (including phenoxy) is 1. The van der Waals surface area contributed by atoms with Gasteiger partial charge in [-0.1, -0.05) is 30.3 Å². The maximum absolute atomic E-state index is 12.5. The van der Waals surface area contributed by atoms with E-state index in [1.54, 1.807) is 12.4 Å². The second-order valence-electron chi connectivity index (χ2n) is 7.09. The molecular formula is C23H25N5O2. The molecule has 2 heterocycles. The van der Waals surface area contributed by atoms with Gasteiger partial charge in [0, 0.05) is 51.5 Å². The maximum atomic E-state index is 12.5. The summed E-state index contributed by atoms with van der Waals surface area (Å²) < 4.78 is 5.92. The lowest BCUT2D eigenvalue weighted by Crippen LogP contribution is -2.47. The summed E-state index contributed by atoms with van der Waals surface area (Å²) in [5.41, 5.74) is 0.678. The monoisotopic (exact) mass is 403 g/mol. The number of rotatable bonds is 7. The van der Waals surface area contributed by atoms with E-state index in [-0.39, 0.29) is 5.91 Å². The number of carbonyl (C=O) groups is 1. The van der Waals surface area contributed by atoms with Crippen LogP contribution >= 0.6 is 0 Å². The van der Waals surface area contributed by atoms with Crippen molar-refractivity contribution in [1.82, 2.24) is 14.9 Å². The van der Waals surface area contributed by atoms with E-state index in [2.05, 4.69) is 25.1 Å². The van der Waals surface area contributed by atoms with E-state index in [1.165, 1.54) is 0 Å². The molecule has 30 heavy (non-hydrogen) atoms. The van der Waals surface area contributed by atoms with Crippen LogP contribution in [0.25, 0.3) is 0 Å². The number of hydrogen-bond acceptors (Lipinski definition) is 6. The van der Waals surface area contributed by atoms with Gasteiger partial charge in [0.05, 0.1) is 5.69 Å². The minimum Gasteiger partial charge on any atom is -0.455 e. The largest absolute Gasteiger partial charge is 0.455 e. The molecule has 1 amide bonds. The van der Waals surface area contributed by atoms with Crippen LogP contribution in [0.4, 0.5) is 11.6 Å². The van der Waals surface area contributed by atoms with Crippen LogP contribution in [-0.2, 0) is 4.79 Å². The Morgan fingerprint density at radius 3 is 2.37 bits per heavy atom. The van der Waals surface area contributed by atoms with Crippen LogP contribution in [0.3, 0.4) is 0 Å². The molecule has 1 N–H and O–H groups in total. The normalized spacial score (nSPS) is 14.3. The van der Waals surface area contributed by atoms with Crippen LogP contribution < -0.4 is 15.0 Å².